The summed E-state index contributed by atoms with van der Waals surface area (Å²) < 4.78 is 13.9. The SMILES string of the molecule is Cc1nc(-c2ccccc2F)sc1C(=O)N1CCCC(C(=O)O)C1. The number of aliphatic carboxylic acids is 1. The molecule has 0 radical (unpaired) electrons. The molecule has 3 rings (SSSR count). The number of hydrogen-bond donors (Lipinski definition) is 1. The number of thiazole rings is 1. The predicted octanol–water partition coefficient (Wildman–Crippen LogP) is 3.19. The first kappa shape index (κ1) is 16.6. The number of benzene rings is 1. The Morgan fingerprint density at radius 1 is 1.38 bits per heavy atom. The number of rotatable bonds is 3. The first-order valence-electron chi connectivity index (χ1n) is 7.71. The number of carboxylic acids is 1. The van der Waals surface area contributed by atoms with Crippen molar-refractivity contribution in [2.75, 3.05) is 13.1 Å². The summed E-state index contributed by atoms with van der Waals surface area (Å²) in [6.07, 6.45) is 1.25. The minimum atomic E-state index is -0.874. The molecule has 1 aromatic heterocycles. The number of nitrogens with zero attached hydrogens (tertiary/aromatic N) is 2. The number of aromatic nitrogens is 1. The lowest BCUT2D eigenvalue weighted by atomic mass is 9.98. The number of carbonyl (C=O) groups excluding carboxylic acids is 1. The van der Waals surface area contributed by atoms with Crippen LogP contribution < -0.4 is 0 Å². The smallest absolute Gasteiger partial charge is 0.308 e. The van der Waals surface area contributed by atoms with Crippen molar-refractivity contribution in [3.05, 3.63) is 40.7 Å². The summed E-state index contributed by atoms with van der Waals surface area (Å²) in [5.41, 5.74) is 0.910. The third-order valence-electron chi connectivity index (χ3n) is 4.15. The summed E-state index contributed by atoms with van der Waals surface area (Å²) in [6, 6.07) is 6.31. The van der Waals surface area contributed by atoms with Gasteiger partial charge in [0.1, 0.15) is 15.7 Å². The Balaban J connectivity index is 1.86. The highest BCUT2D eigenvalue weighted by molar-refractivity contribution is 7.17. The average Bonchev–Trinajstić information content (AvgIpc) is 2.96. The second kappa shape index (κ2) is 6.68. The maximum absolute atomic E-state index is 13.9. The van der Waals surface area contributed by atoms with E-state index in [-0.39, 0.29) is 18.3 Å². The second-order valence-corrected chi connectivity index (χ2v) is 6.84. The maximum atomic E-state index is 13.9. The summed E-state index contributed by atoms with van der Waals surface area (Å²) >= 11 is 1.15. The Hall–Kier alpha value is -2.28. The van der Waals surface area contributed by atoms with Crippen molar-refractivity contribution in [2.45, 2.75) is 19.8 Å². The summed E-state index contributed by atoms with van der Waals surface area (Å²) in [5, 5.41) is 9.62. The van der Waals surface area contributed by atoms with Crippen LogP contribution >= 0.6 is 11.3 Å². The molecule has 1 unspecified atom stereocenters. The van der Waals surface area contributed by atoms with Crippen LogP contribution in [-0.4, -0.2) is 40.0 Å². The van der Waals surface area contributed by atoms with Crippen LogP contribution in [0.3, 0.4) is 0 Å². The highest BCUT2D eigenvalue weighted by atomic mass is 32.1. The Labute approximate surface area is 142 Å². The van der Waals surface area contributed by atoms with E-state index >= 15 is 0 Å². The van der Waals surface area contributed by atoms with Gasteiger partial charge in [0.15, 0.2) is 0 Å². The molecule has 1 saturated heterocycles. The van der Waals surface area contributed by atoms with Gasteiger partial charge in [0.05, 0.1) is 11.6 Å². The molecule has 0 spiro atoms. The van der Waals surface area contributed by atoms with Gasteiger partial charge in [-0.15, -0.1) is 11.3 Å². The number of halogens is 1. The van der Waals surface area contributed by atoms with E-state index in [1.807, 2.05) is 0 Å². The van der Waals surface area contributed by atoms with Crippen LogP contribution in [0.2, 0.25) is 0 Å². The van der Waals surface area contributed by atoms with Crippen molar-refractivity contribution >= 4 is 23.2 Å². The van der Waals surface area contributed by atoms with Crippen LogP contribution in [-0.2, 0) is 4.79 Å². The molecule has 0 bridgehead atoms. The van der Waals surface area contributed by atoms with Crippen molar-refractivity contribution in [3.63, 3.8) is 0 Å². The van der Waals surface area contributed by atoms with Gasteiger partial charge in [0.2, 0.25) is 0 Å². The van der Waals surface area contributed by atoms with Crippen molar-refractivity contribution in [2.24, 2.45) is 5.92 Å². The van der Waals surface area contributed by atoms with Crippen LogP contribution in [0.25, 0.3) is 10.6 Å². The maximum Gasteiger partial charge on any atom is 0.308 e. The van der Waals surface area contributed by atoms with Gasteiger partial charge < -0.3 is 10.0 Å². The second-order valence-electron chi connectivity index (χ2n) is 5.84. The van der Waals surface area contributed by atoms with Crippen molar-refractivity contribution < 1.29 is 19.1 Å². The van der Waals surface area contributed by atoms with Crippen LogP contribution in [0.1, 0.15) is 28.2 Å². The molecule has 1 N–H and O–H groups in total. The minimum absolute atomic E-state index is 0.209. The average molecular weight is 348 g/mol. The quantitative estimate of drug-likeness (QED) is 0.925. The predicted molar refractivity (Wildman–Crippen MR) is 88.5 cm³/mol. The van der Waals surface area contributed by atoms with E-state index in [1.54, 1.807) is 30.0 Å². The van der Waals surface area contributed by atoms with E-state index in [0.717, 1.165) is 11.3 Å². The van der Waals surface area contributed by atoms with Crippen LogP contribution in [0, 0.1) is 18.7 Å². The largest absolute Gasteiger partial charge is 0.481 e. The number of likely N-dealkylation sites (tertiary alicyclic amines) is 1. The van der Waals surface area contributed by atoms with Gasteiger partial charge >= 0.3 is 5.97 Å². The van der Waals surface area contributed by atoms with Crippen molar-refractivity contribution in [3.8, 4) is 10.6 Å². The molecular formula is C17H17FN2O3S. The Morgan fingerprint density at radius 2 is 2.12 bits per heavy atom. The number of aryl methyl sites for hydroxylation is 1. The van der Waals surface area contributed by atoms with Crippen LogP contribution in [0.4, 0.5) is 4.39 Å². The highest BCUT2D eigenvalue weighted by Gasteiger charge is 2.30. The van der Waals surface area contributed by atoms with Gasteiger partial charge in [0, 0.05) is 18.7 Å². The van der Waals surface area contributed by atoms with Gasteiger partial charge in [-0.1, -0.05) is 12.1 Å². The van der Waals surface area contributed by atoms with E-state index < -0.39 is 11.9 Å². The fourth-order valence-electron chi connectivity index (χ4n) is 2.85. The number of amides is 1. The van der Waals surface area contributed by atoms with E-state index in [9.17, 15) is 14.0 Å². The fraction of sp³-hybridized carbons (Fsp3) is 0.353. The van der Waals surface area contributed by atoms with Crippen LogP contribution in [0.15, 0.2) is 24.3 Å². The van der Waals surface area contributed by atoms with Crippen molar-refractivity contribution in [1.29, 1.82) is 0 Å². The zero-order valence-corrected chi connectivity index (χ0v) is 14.0. The normalized spacial score (nSPS) is 17.8. The summed E-state index contributed by atoms with van der Waals surface area (Å²) in [5.74, 6) is -2.00. The molecule has 1 aliphatic rings. The molecule has 2 aromatic rings. The van der Waals surface area contributed by atoms with Gasteiger partial charge in [0.25, 0.3) is 5.91 Å². The summed E-state index contributed by atoms with van der Waals surface area (Å²) in [7, 11) is 0. The van der Waals surface area contributed by atoms with Gasteiger partial charge in [-0.2, -0.15) is 0 Å². The van der Waals surface area contributed by atoms with Crippen molar-refractivity contribution in [1.82, 2.24) is 9.88 Å². The highest BCUT2D eigenvalue weighted by Crippen LogP contribution is 2.31. The topological polar surface area (TPSA) is 70.5 Å². The minimum Gasteiger partial charge on any atom is -0.481 e. The molecule has 0 saturated carbocycles. The van der Waals surface area contributed by atoms with E-state index in [4.69, 9.17) is 5.11 Å². The van der Waals surface area contributed by atoms with Gasteiger partial charge in [-0.05, 0) is 31.9 Å². The summed E-state index contributed by atoms with van der Waals surface area (Å²) in [6.45, 7) is 2.46. The van der Waals surface area contributed by atoms with E-state index in [2.05, 4.69) is 4.98 Å². The summed E-state index contributed by atoms with van der Waals surface area (Å²) in [4.78, 5) is 30.2. The lowest BCUT2D eigenvalue weighted by Crippen LogP contribution is -2.42. The fourth-order valence-corrected chi connectivity index (χ4v) is 3.91. The number of piperidine rings is 1. The molecule has 1 fully saturated rings. The molecule has 1 aliphatic heterocycles. The standard InChI is InChI=1S/C17H17FN2O3S/c1-10-14(16(21)20-8-4-5-11(9-20)17(22)23)24-15(19-10)12-6-2-3-7-13(12)18/h2-3,6-7,11H,4-5,8-9H2,1H3,(H,22,23). The molecule has 5 nitrogen and oxygen atoms in total. The Kier molecular flexibility index (Phi) is 4.62. The monoisotopic (exact) mass is 348 g/mol. The van der Waals surface area contributed by atoms with E-state index in [1.165, 1.54) is 6.07 Å². The number of carboxylic acid groups (broad SMARTS) is 1. The lowest BCUT2D eigenvalue weighted by Gasteiger charge is -2.30. The zero-order chi connectivity index (χ0) is 17.3. The Morgan fingerprint density at radius 3 is 2.83 bits per heavy atom. The number of hydrogen-bond acceptors (Lipinski definition) is 4. The third-order valence-corrected chi connectivity index (χ3v) is 5.33. The molecule has 1 amide bonds. The molecule has 126 valence electrons. The van der Waals surface area contributed by atoms with Gasteiger partial charge in [-0.3, -0.25) is 9.59 Å². The zero-order valence-electron chi connectivity index (χ0n) is 13.2. The van der Waals surface area contributed by atoms with Crippen LogP contribution in [0.5, 0.6) is 0 Å². The molecule has 1 atom stereocenters. The molecule has 24 heavy (non-hydrogen) atoms. The molecular weight excluding hydrogens is 331 g/mol. The first-order valence-corrected chi connectivity index (χ1v) is 8.53. The third kappa shape index (κ3) is 3.17. The molecule has 0 aliphatic carbocycles. The molecule has 2 heterocycles. The van der Waals surface area contributed by atoms with Gasteiger partial charge in [-0.25, -0.2) is 9.37 Å². The molecule has 7 heteroatoms. The van der Waals surface area contributed by atoms with E-state index in [0.29, 0.717) is 40.5 Å². The Bertz CT molecular complexity index is 790. The first-order chi connectivity index (χ1) is 11.5. The molecule has 1 aromatic carbocycles. The lowest BCUT2D eigenvalue weighted by molar-refractivity contribution is -0.143. The number of carbonyl (C=O) groups is 2.